The average molecular weight is 494 g/mol. The van der Waals surface area contributed by atoms with Gasteiger partial charge in [0.2, 0.25) is 0 Å². The van der Waals surface area contributed by atoms with Gasteiger partial charge in [0.25, 0.3) is 0 Å². The first-order valence-corrected chi connectivity index (χ1v) is 12.0. The fourth-order valence-corrected chi connectivity index (χ4v) is 4.37. The minimum atomic E-state index is -5.91. The van der Waals surface area contributed by atoms with Crippen LogP contribution in [0, 0.1) is 0 Å². The van der Waals surface area contributed by atoms with Gasteiger partial charge in [-0.3, -0.25) is 0 Å². The van der Waals surface area contributed by atoms with Gasteiger partial charge >= 0.3 is 15.6 Å². The number of rotatable bonds is 5. The van der Waals surface area contributed by atoms with Crippen molar-refractivity contribution in [2.75, 3.05) is 0 Å². The maximum absolute atomic E-state index is 13.2. The highest BCUT2D eigenvalue weighted by Crippen LogP contribution is 2.41. The number of para-hydroxylation sites is 1. The summed E-state index contributed by atoms with van der Waals surface area (Å²) in [5.41, 5.74) is -3.64. The van der Waals surface area contributed by atoms with Gasteiger partial charge in [0.1, 0.15) is 5.82 Å². The molecule has 1 aromatic heterocycles. The van der Waals surface area contributed by atoms with Gasteiger partial charge in [-0.2, -0.15) is 21.6 Å². The van der Waals surface area contributed by atoms with Crippen LogP contribution in [0.4, 0.5) is 13.2 Å². The summed E-state index contributed by atoms with van der Waals surface area (Å²) in [7, 11) is -5.91. The summed E-state index contributed by atoms with van der Waals surface area (Å²) in [6.07, 6.45) is 0.375. The van der Waals surface area contributed by atoms with E-state index < -0.39 is 21.4 Å². The molecule has 35 heavy (non-hydrogen) atoms. The minimum Gasteiger partial charge on any atom is -0.375 e. The third-order valence-electron chi connectivity index (χ3n) is 5.47. The van der Waals surface area contributed by atoms with Crippen LogP contribution in [0.15, 0.2) is 91.0 Å². The molecular formula is C26H17F3N2O3S. The normalized spacial score (nSPS) is 12.2. The maximum Gasteiger partial charge on any atom is 0.534 e. The molecule has 0 saturated carbocycles. The van der Waals surface area contributed by atoms with Gasteiger partial charge in [0, 0.05) is 11.8 Å². The summed E-state index contributed by atoms with van der Waals surface area (Å²) in [5.74, 6) is -0.0296. The molecule has 0 aliphatic rings. The van der Waals surface area contributed by atoms with Crippen molar-refractivity contribution in [2.45, 2.75) is 11.9 Å². The Balaban J connectivity index is 1.79. The summed E-state index contributed by atoms with van der Waals surface area (Å²) in [6.45, 7) is 0. The fourth-order valence-electron chi connectivity index (χ4n) is 3.90. The van der Waals surface area contributed by atoms with Crippen molar-refractivity contribution >= 4 is 31.8 Å². The topological polar surface area (TPSA) is 69.2 Å². The molecule has 0 unspecified atom stereocenters. The lowest BCUT2D eigenvalue weighted by Gasteiger charge is -2.17. The highest BCUT2D eigenvalue weighted by Gasteiger charge is 2.49. The van der Waals surface area contributed by atoms with Crippen molar-refractivity contribution in [3.8, 4) is 17.0 Å². The number of benzene rings is 4. The van der Waals surface area contributed by atoms with Crippen molar-refractivity contribution in [2.24, 2.45) is 0 Å². The van der Waals surface area contributed by atoms with E-state index in [1.165, 1.54) is 12.1 Å². The molecule has 0 fully saturated rings. The molecule has 0 spiro atoms. The molecule has 0 bridgehead atoms. The van der Waals surface area contributed by atoms with Gasteiger partial charge < -0.3 is 4.18 Å². The third-order valence-corrected chi connectivity index (χ3v) is 6.43. The molecule has 9 heteroatoms. The molecule has 5 aromatic rings. The summed E-state index contributed by atoms with van der Waals surface area (Å²) >= 11 is 0. The molecule has 0 aliphatic heterocycles. The number of nitrogens with zero attached hydrogens (tertiary/aromatic N) is 2. The molecule has 0 amide bonds. The smallest absolute Gasteiger partial charge is 0.375 e. The van der Waals surface area contributed by atoms with E-state index in [1.807, 2.05) is 30.3 Å². The molecule has 0 saturated heterocycles. The van der Waals surface area contributed by atoms with Gasteiger partial charge in [-0.15, -0.1) is 0 Å². The highest BCUT2D eigenvalue weighted by molar-refractivity contribution is 7.88. The van der Waals surface area contributed by atoms with Gasteiger partial charge in [-0.1, -0.05) is 78.9 Å². The lowest BCUT2D eigenvalue weighted by molar-refractivity contribution is -0.0499. The Morgan fingerprint density at radius 3 is 2.14 bits per heavy atom. The predicted molar refractivity (Wildman–Crippen MR) is 127 cm³/mol. The van der Waals surface area contributed by atoms with Crippen LogP contribution in [0.3, 0.4) is 0 Å². The van der Waals surface area contributed by atoms with Crippen molar-refractivity contribution in [3.63, 3.8) is 0 Å². The molecule has 5 rings (SSSR count). The zero-order chi connectivity index (χ0) is 24.6. The Bertz CT molecular complexity index is 1650. The van der Waals surface area contributed by atoms with Crippen LogP contribution in [0.25, 0.3) is 32.9 Å². The average Bonchev–Trinajstić information content (AvgIpc) is 2.83. The third kappa shape index (κ3) is 4.42. The number of alkyl halides is 3. The second-order valence-corrected chi connectivity index (χ2v) is 9.35. The quantitative estimate of drug-likeness (QED) is 0.213. The zero-order valence-corrected chi connectivity index (χ0v) is 18.8. The Kier molecular flexibility index (Phi) is 5.64. The molecule has 5 nitrogen and oxygen atoms in total. The van der Waals surface area contributed by atoms with Crippen molar-refractivity contribution < 1.29 is 25.8 Å². The van der Waals surface area contributed by atoms with E-state index in [-0.39, 0.29) is 11.3 Å². The first-order valence-electron chi connectivity index (χ1n) is 10.6. The Labute approximate surface area is 199 Å². The lowest BCUT2D eigenvalue weighted by atomic mass is 9.98. The van der Waals surface area contributed by atoms with E-state index in [9.17, 15) is 21.6 Å². The number of halogens is 3. The first-order chi connectivity index (χ1) is 16.7. The van der Waals surface area contributed by atoms with Crippen LogP contribution in [0.5, 0.6) is 5.75 Å². The van der Waals surface area contributed by atoms with Crippen LogP contribution in [-0.4, -0.2) is 23.9 Å². The van der Waals surface area contributed by atoms with Crippen LogP contribution in [0.1, 0.15) is 11.4 Å². The van der Waals surface area contributed by atoms with Gasteiger partial charge in [-0.25, -0.2) is 9.97 Å². The van der Waals surface area contributed by atoms with E-state index in [0.29, 0.717) is 33.9 Å². The van der Waals surface area contributed by atoms with Gasteiger partial charge in [0.15, 0.2) is 5.75 Å². The molecule has 0 atom stereocenters. The van der Waals surface area contributed by atoms with Crippen molar-refractivity contribution in [1.29, 1.82) is 0 Å². The Morgan fingerprint density at radius 2 is 1.40 bits per heavy atom. The maximum atomic E-state index is 13.2. The van der Waals surface area contributed by atoms with E-state index in [4.69, 9.17) is 4.98 Å². The SMILES string of the molecule is O=S(=O)(Oc1ccc2ccccc2c1-c1nc(Cc2ccccc2)nc2ccccc12)C(F)(F)F. The summed E-state index contributed by atoms with van der Waals surface area (Å²) in [6, 6.07) is 26.2. The van der Waals surface area contributed by atoms with Gasteiger partial charge in [0.05, 0.1) is 16.8 Å². The largest absolute Gasteiger partial charge is 0.534 e. The van der Waals surface area contributed by atoms with Crippen LogP contribution in [-0.2, 0) is 16.5 Å². The predicted octanol–water partition coefficient (Wildman–Crippen LogP) is 6.27. The second kappa shape index (κ2) is 8.66. The summed E-state index contributed by atoms with van der Waals surface area (Å²) in [5, 5.41) is 1.73. The number of aromatic nitrogens is 2. The second-order valence-electron chi connectivity index (χ2n) is 7.81. The molecule has 0 N–H and O–H groups in total. The Hall–Kier alpha value is -3.98. The molecular weight excluding hydrogens is 477 g/mol. The zero-order valence-electron chi connectivity index (χ0n) is 18.0. The fraction of sp³-hybridized carbons (Fsp3) is 0.0769. The summed E-state index contributed by atoms with van der Waals surface area (Å²) < 4.78 is 68.1. The molecule has 0 radical (unpaired) electrons. The number of fused-ring (bicyclic) bond motifs is 2. The van der Waals surface area contributed by atoms with Gasteiger partial charge in [-0.05, 0) is 28.5 Å². The highest BCUT2D eigenvalue weighted by atomic mass is 32.2. The first kappa shape index (κ1) is 22.8. The molecule has 4 aromatic carbocycles. The monoisotopic (exact) mass is 494 g/mol. The summed E-state index contributed by atoms with van der Waals surface area (Å²) in [4.78, 5) is 9.33. The van der Waals surface area contributed by atoms with Crippen molar-refractivity contribution in [1.82, 2.24) is 9.97 Å². The van der Waals surface area contributed by atoms with Crippen LogP contribution < -0.4 is 4.18 Å². The molecule has 176 valence electrons. The van der Waals surface area contributed by atoms with E-state index >= 15 is 0 Å². The minimum absolute atomic E-state index is 0.142. The number of hydrogen-bond donors (Lipinski definition) is 0. The van der Waals surface area contributed by atoms with Crippen LogP contribution >= 0.6 is 0 Å². The number of hydrogen-bond acceptors (Lipinski definition) is 5. The molecule has 1 heterocycles. The van der Waals surface area contributed by atoms with E-state index in [1.54, 1.807) is 48.5 Å². The Morgan fingerprint density at radius 1 is 0.743 bits per heavy atom. The lowest BCUT2D eigenvalue weighted by Crippen LogP contribution is -2.28. The van der Waals surface area contributed by atoms with E-state index in [0.717, 1.165) is 5.56 Å². The standard InChI is InChI=1S/C26H17F3N2O3S/c27-26(28,29)35(32,33)34-22-15-14-18-10-4-5-11-19(18)24(22)25-20-12-6-7-13-21(20)30-23(31-25)16-17-8-2-1-3-9-17/h1-15H,16H2. The molecule has 0 aliphatic carbocycles. The van der Waals surface area contributed by atoms with Crippen LogP contribution in [0.2, 0.25) is 0 Å². The van der Waals surface area contributed by atoms with Crippen molar-refractivity contribution in [3.05, 3.63) is 102 Å². The van der Waals surface area contributed by atoms with E-state index in [2.05, 4.69) is 9.17 Å².